The Morgan fingerprint density at radius 2 is 1.93 bits per heavy atom. The molecule has 29 heavy (non-hydrogen) atoms. The zero-order chi connectivity index (χ0) is 20.2. The number of ether oxygens (including phenoxy) is 1. The predicted molar refractivity (Wildman–Crippen MR) is 106 cm³/mol. The largest absolute Gasteiger partial charge is 0.452 e. The van der Waals surface area contributed by atoms with Crippen LogP contribution in [0, 0.1) is 10.1 Å². The third-order valence-corrected chi connectivity index (χ3v) is 4.80. The Kier molecular flexibility index (Phi) is 5.24. The summed E-state index contributed by atoms with van der Waals surface area (Å²) in [4.78, 5) is 29.5. The van der Waals surface area contributed by atoms with E-state index >= 15 is 0 Å². The summed E-state index contributed by atoms with van der Waals surface area (Å²) in [5, 5.41) is 11.1. The van der Waals surface area contributed by atoms with Crippen LogP contribution in [-0.2, 0) is 11.3 Å². The average Bonchev–Trinajstić information content (AvgIpc) is 3.44. The number of nitro benzene ring substituents is 1. The highest BCUT2D eigenvalue weighted by Gasteiger charge is 2.24. The lowest BCUT2D eigenvalue weighted by molar-refractivity contribution is -0.384. The topological polar surface area (TPSA) is 98.7 Å². The molecule has 0 bridgehead atoms. The number of carbonyl (C=O) groups excluding carboxylic acids is 1. The van der Waals surface area contributed by atoms with Gasteiger partial charge in [0.15, 0.2) is 12.4 Å². The van der Waals surface area contributed by atoms with Crippen molar-refractivity contribution in [3.8, 4) is 11.3 Å². The van der Waals surface area contributed by atoms with Crippen molar-refractivity contribution in [2.45, 2.75) is 19.4 Å². The lowest BCUT2D eigenvalue weighted by Crippen LogP contribution is -2.21. The lowest BCUT2D eigenvalue weighted by Gasteiger charge is -2.20. The van der Waals surface area contributed by atoms with Gasteiger partial charge in [0.25, 0.3) is 5.69 Å². The van der Waals surface area contributed by atoms with Gasteiger partial charge in [-0.1, -0.05) is 30.3 Å². The van der Waals surface area contributed by atoms with E-state index < -0.39 is 10.9 Å². The first-order chi connectivity index (χ1) is 14.1. The molecule has 8 heteroatoms. The molecule has 148 valence electrons. The Morgan fingerprint density at radius 3 is 2.66 bits per heavy atom. The van der Waals surface area contributed by atoms with Gasteiger partial charge in [0.1, 0.15) is 0 Å². The van der Waals surface area contributed by atoms with Crippen LogP contribution in [0.5, 0.6) is 0 Å². The van der Waals surface area contributed by atoms with Crippen molar-refractivity contribution in [2.24, 2.45) is 0 Å². The number of benzene rings is 2. The maximum atomic E-state index is 12.7. The molecule has 8 nitrogen and oxygen atoms in total. The van der Waals surface area contributed by atoms with Gasteiger partial charge in [-0.2, -0.15) is 0 Å². The molecule has 1 fully saturated rings. The Hall–Kier alpha value is -3.68. The Labute approximate surface area is 166 Å². The van der Waals surface area contributed by atoms with E-state index in [9.17, 15) is 14.9 Å². The summed E-state index contributed by atoms with van der Waals surface area (Å²) in [5.74, 6) is 0.185. The minimum atomic E-state index is -0.643. The number of non-ortho nitro benzene ring substituents is 1. The van der Waals surface area contributed by atoms with E-state index in [-0.39, 0.29) is 23.7 Å². The monoisotopic (exact) mass is 393 g/mol. The van der Waals surface area contributed by atoms with Crippen molar-refractivity contribution in [3.05, 3.63) is 76.3 Å². The van der Waals surface area contributed by atoms with Gasteiger partial charge >= 0.3 is 5.97 Å². The number of anilines is 1. The van der Waals surface area contributed by atoms with Crippen LogP contribution in [0.2, 0.25) is 0 Å². The van der Waals surface area contributed by atoms with Crippen LogP contribution in [0.25, 0.3) is 11.3 Å². The number of hydrogen-bond acceptors (Lipinski definition) is 7. The Balaban J connectivity index is 1.51. The van der Waals surface area contributed by atoms with Crippen LogP contribution in [0.15, 0.2) is 59.1 Å². The molecule has 1 saturated heterocycles. The summed E-state index contributed by atoms with van der Waals surface area (Å²) < 4.78 is 11.0. The molecule has 0 saturated carbocycles. The van der Waals surface area contributed by atoms with Crippen LogP contribution >= 0.6 is 0 Å². The first kappa shape index (κ1) is 18.7. The fourth-order valence-electron chi connectivity index (χ4n) is 3.35. The molecule has 2 aromatic carbocycles. The molecule has 3 aromatic rings. The van der Waals surface area contributed by atoms with Crippen LogP contribution in [0.4, 0.5) is 11.4 Å². The minimum absolute atomic E-state index is 0.151. The summed E-state index contributed by atoms with van der Waals surface area (Å²) in [6, 6.07) is 13.7. The van der Waals surface area contributed by atoms with E-state index in [0.29, 0.717) is 11.4 Å². The smallest absolute Gasteiger partial charge is 0.341 e. The Bertz CT molecular complexity index is 1030. The molecule has 0 spiro atoms. The van der Waals surface area contributed by atoms with Crippen LogP contribution in [0.1, 0.15) is 29.1 Å². The van der Waals surface area contributed by atoms with E-state index in [0.717, 1.165) is 31.5 Å². The van der Waals surface area contributed by atoms with Crippen molar-refractivity contribution >= 4 is 17.3 Å². The molecule has 1 aromatic heterocycles. The summed E-state index contributed by atoms with van der Waals surface area (Å²) in [6.07, 6.45) is 3.61. The first-order valence-electron chi connectivity index (χ1n) is 9.32. The van der Waals surface area contributed by atoms with Gasteiger partial charge in [0.05, 0.1) is 22.4 Å². The maximum absolute atomic E-state index is 12.7. The zero-order valence-electron chi connectivity index (χ0n) is 15.6. The van der Waals surface area contributed by atoms with Crippen molar-refractivity contribution in [2.75, 3.05) is 18.0 Å². The molecule has 1 aliphatic heterocycles. The number of oxazole rings is 1. The molecule has 0 atom stereocenters. The Morgan fingerprint density at radius 1 is 1.17 bits per heavy atom. The molecule has 4 rings (SSSR count). The average molecular weight is 393 g/mol. The molecule has 0 radical (unpaired) electrons. The van der Waals surface area contributed by atoms with Crippen molar-refractivity contribution < 1.29 is 18.9 Å². The van der Waals surface area contributed by atoms with E-state index in [1.807, 2.05) is 35.2 Å². The quantitative estimate of drug-likeness (QED) is 0.351. The van der Waals surface area contributed by atoms with Gasteiger partial charge in [-0.3, -0.25) is 10.1 Å². The number of carbonyl (C=O) groups is 1. The maximum Gasteiger partial charge on any atom is 0.341 e. The van der Waals surface area contributed by atoms with Gasteiger partial charge in [0.2, 0.25) is 5.89 Å². The van der Waals surface area contributed by atoms with Crippen molar-refractivity contribution in [1.82, 2.24) is 4.98 Å². The van der Waals surface area contributed by atoms with Gasteiger partial charge in [-0.25, -0.2) is 9.78 Å². The first-order valence-corrected chi connectivity index (χ1v) is 9.32. The second-order valence-corrected chi connectivity index (χ2v) is 6.71. The minimum Gasteiger partial charge on any atom is -0.452 e. The summed E-state index contributed by atoms with van der Waals surface area (Å²) in [5.41, 5.74) is 1.54. The summed E-state index contributed by atoms with van der Waals surface area (Å²) in [6.45, 7) is 1.45. The third-order valence-electron chi connectivity index (χ3n) is 4.80. The predicted octanol–water partition coefficient (Wildman–Crippen LogP) is 4.21. The zero-order valence-corrected chi connectivity index (χ0v) is 15.6. The second kappa shape index (κ2) is 8.14. The highest BCUT2D eigenvalue weighted by atomic mass is 16.6. The number of hydrogen-bond donors (Lipinski definition) is 0. The van der Waals surface area contributed by atoms with Crippen LogP contribution in [-0.4, -0.2) is 29.0 Å². The fourth-order valence-corrected chi connectivity index (χ4v) is 3.35. The van der Waals surface area contributed by atoms with Crippen molar-refractivity contribution in [3.63, 3.8) is 0 Å². The molecular weight excluding hydrogens is 374 g/mol. The molecule has 0 aliphatic carbocycles. The molecule has 0 N–H and O–H groups in total. The standard InChI is InChI=1S/C21H19N3O5/c25-21(28-14-20-22-13-19(29-20)15-6-2-1-3-7-15)17-12-16(24(26)27)8-9-18(17)23-10-4-5-11-23/h1-3,6-9,12-13H,4-5,10-11,14H2. The number of esters is 1. The third kappa shape index (κ3) is 4.11. The number of nitrogens with zero attached hydrogens (tertiary/aromatic N) is 3. The van der Waals surface area contributed by atoms with E-state index in [1.165, 1.54) is 12.1 Å². The van der Waals surface area contributed by atoms with Gasteiger partial charge in [-0.15, -0.1) is 0 Å². The second-order valence-electron chi connectivity index (χ2n) is 6.71. The number of nitro groups is 1. The molecule has 0 unspecified atom stereocenters. The van der Waals surface area contributed by atoms with Crippen LogP contribution in [0.3, 0.4) is 0 Å². The SMILES string of the molecule is O=C(OCc1ncc(-c2ccccc2)o1)c1cc([N+](=O)[O-])ccc1N1CCCC1. The number of aromatic nitrogens is 1. The van der Waals surface area contributed by atoms with E-state index in [2.05, 4.69) is 4.98 Å². The van der Waals surface area contributed by atoms with E-state index in [1.54, 1.807) is 12.3 Å². The van der Waals surface area contributed by atoms with Gasteiger partial charge < -0.3 is 14.1 Å². The fraction of sp³-hybridized carbons (Fsp3) is 0.238. The van der Waals surface area contributed by atoms with Crippen LogP contribution < -0.4 is 4.90 Å². The van der Waals surface area contributed by atoms with Gasteiger partial charge in [-0.05, 0) is 18.9 Å². The normalized spacial score (nSPS) is 13.4. The molecular formula is C21H19N3O5. The van der Waals surface area contributed by atoms with Gasteiger partial charge in [0, 0.05) is 30.8 Å². The lowest BCUT2D eigenvalue weighted by atomic mass is 10.1. The summed E-state index contributed by atoms with van der Waals surface area (Å²) >= 11 is 0. The molecule has 1 aliphatic rings. The van der Waals surface area contributed by atoms with Crippen molar-refractivity contribution in [1.29, 1.82) is 0 Å². The highest BCUT2D eigenvalue weighted by Crippen LogP contribution is 2.29. The summed E-state index contributed by atoms with van der Waals surface area (Å²) in [7, 11) is 0. The molecule has 0 amide bonds. The van der Waals surface area contributed by atoms with E-state index in [4.69, 9.17) is 9.15 Å². The number of rotatable bonds is 6. The molecule has 2 heterocycles. The highest BCUT2D eigenvalue weighted by molar-refractivity contribution is 5.96.